The second-order valence-electron chi connectivity index (χ2n) is 3.36. The molecule has 0 aromatic heterocycles. The van der Waals surface area contributed by atoms with Gasteiger partial charge >= 0.3 is 0 Å². The van der Waals surface area contributed by atoms with E-state index in [0.717, 1.165) is 0 Å². The highest BCUT2D eigenvalue weighted by molar-refractivity contribution is 7.98. The molecule has 1 heterocycles. The molecule has 0 fully saturated rings. The fourth-order valence-electron chi connectivity index (χ4n) is 1.24. The molecule has 0 aromatic rings. The zero-order valence-corrected chi connectivity index (χ0v) is 7.74. The highest BCUT2D eigenvalue weighted by atomic mass is 32.2. The Morgan fingerprint density at radius 3 is 2.90 bits per heavy atom. The maximum absolute atomic E-state index is 4.27. The van der Waals surface area contributed by atoms with E-state index in [9.17, 15) is 0 Å². The largest absolute Gasteiger partial charge is 0.228 e. The molecule has 10 heavy (non-hydrogen) atoms. The highest BCUT2D eigenvalue weighted by Crippen LogP contribution is 2.34. The Bertz CT molecular complexity index is 144. The van der Waals surface area contributed by atoms with Gasteiger partial charge in [-0.3, -0.25) is 0 Å². The van der Waals surface area contributed by atoms with Gasteiger partial charge in [0.15, 0.2) is 0 Å². The van der Waals surface area contributed by atoms with Gasteiger partial charge in [0.1, 0.15) is 0 Å². The molecule has 0 saturated heterocycles. The normalized spacial score (nSPS) is 40.1. The van der Waals surface area contributed by atoms with Crippen molar-refractivity contribution in [1.82, 2.24) is 0 Å². The summed E-state index contributed by atoms with van der Waals surface area (Å²) in [4.78, 5) is 0. The summed E-state index contributed by atoms with van der Waals surface area (Å²) in [5.41, 5.74) is 0.380. The molecule has 0 radical (unpaired) electrons. The van der Waals surface area contributed by atoms with Gasteiger partial charge in [0, 0.05) is 16.9 Å². The number of rotatable bonds is 1. The van der Waals surface area contributed by atoms with Crippen LogP contribution in [0.15, 0.2) is 4.40 Å². The first kappa shape index (κ1) is 8.12. The van der Waals surface area contributed by atoms with E-state index >= 15 is 0 Å². The molecule has 1 aliphatic rings. The third kappa shape index (κ3) is 1.75. The first-order chi connectivity index (χ1) is 4.66. The van der Waals surface area contributed by atoms with Crippen molar-refractivity contribution in [2.24, 2.45) is 9.81 Å². The average molecular weight is 157 g/mol. The maximum Gasteiger partial charge on any atom is 0.0247 e. The first-order valence-electron chi connectivity index (χ1n) is 3.86. The van der Waals surface area contributed by atoms with E-state index in [-0.39, 0.29) is 0 Å². The Morgan fingerprint density at radius 1 is 1.80 bits per heavy atom. The van der Waals surface area contributed by atoms with Gasteiger partial charge in [0.25, 0.3) is 0 Å². The quantitative estimate of drug-likeness (QED) is 0.533. The second-order valence-corrected chi connectivity index (χ2v) is 4.59. The molecule has 0 bridgehead atoms. The summed E-state index contributed by atoms with van der Waals surface area (Å²) in [5, 5.41) is 0.704. The van der Waals surface area contributed by atoms with Crippen LogP contribution in [-0.4, -0.2) is 11.5 Å². The molecule has 2 heteroatoms. The molecule has 2 unspecified atom stereocenters. The van der Waals surface area contributed by atoms with Crippen LogP contribution in [0.4, 0.5) is 0 Å². The van der Waals surface area contributed by atoms with Gasteiger partial charge in [-0.05, 0) is 24.8 Å². The third-order valence-electron chi connectivity index (χ3n) is 2.17. The zero-order chi connectivity index (χ0) is 7.61. The minimum absolute atomic E-state index is 0.380. The molecular formula is C8H15NS. The van der Waals surface area contributed by atoms with E-state index in [2.05, 4.69) is 31.4 Å². The molecule has 1 rings (SSSR count). The van der Waals surface area contributed by atoms with E-state index in [1.165, 1.54) is 12.8 Å². The van der Waals surface area contributed by atoms with Crippen molar-refractivity contribution >= 4 is 18.2 Å². The predicted octanol–water partition coefficient (Wildman–Crippen LogP) is 2.91. The van der Waals surface area contributed by atoms with Crippen LogP contribution in [0.2, 0.25) is 0 Å². The third-order valence-corrected chi connectivity index (χ3v) is 2.92. The standard InChI is InChI=1S/C8H15NS/c1-4-8(3)5-7(2)10-9-6-8/h6-7H,4-5H2,1-3H3. The Kier molecular flexibility index (Phi) is 2.40. The van der Waals surface area contributed by atoms with E-state index in [4.69, 9.17) is 0 Å². The average Bonchev–Trinajstić information content (AvgIpc) is 1.88. The predicted molar refractivity (Wildman–Crippen MR) is 48.6 cm³/mol. The number of hydrogen-bond acceptors (Lipinski definition) is 2. The maximum atomic E-state index is 4.27. The molecule has 0 amide bonds. The van der Waals surface area contributed by atoms with Crippen LogP contribution in [0.3, 0.4) is 0 Å². The summed E-state index contributed by atoms with van der Waals surface area (Å²) in [6.45, 7) is 6.76. The molecule has 0 saturated carbocycles. The Labute approximate surface area is 67.4 Å². The van der Waals surface area contributed by atoms with Crippen molar-refractivity contribution in [3.05, 3.63) is 0 Å². The lowest BCUT2D eigenvalue weighted by molar-refractivity contribution is 0.419. The molecule has 0 aromatic carbocycles. The minimum atomic E-state index is 0.380. The molecule has 2 atom stereocenters. The van der Waals surface area contributed by atoms with Crippen LogP contribution in [-0.2, 0) is 0 Å². The lowest BCUT2D eigenvalue weighted by Crippen LogP contribution is -2.24. The first-order valence-corrected chi connectivity index (χ1v) is 4.70. The van der Waals surface area contributed by atoms with Crippen molar-refractivity contribution in [2.75, 3.05) is 0 Å². The highest BCUT2D eigenvalue weighted by Gasteiger charge is 2.25. The SMILES string of the molecule is CCC1(C)C=NSC(C)C1. The number of nitrogens with zero attached hydrogens (tertiary/aromatic N) is 1. The van der Waals surface area contributed by atoms with Crippen molar-refractivity contribution in [3.63, 3.8) is 0 Å². The monoisotopic (exact) mass is 157 g/mol. The molecule has 0 aliphatic carbocycles. The van der Waals surface area contributed by atoms with E-state index in [1.807, 2.05) is 0 Å². The summed E-state index contributed by atoms with van der Waals surface area (Å²) < 4.78 is 4.27. The van der Waals surface area contributed by atoms with Crippen LogP contribution in [0.25, 0.3) is 0 Å². The number of hydrogen-bond donors (Lipinski definition) is 0. The minimum Gasteiger partial charge on any atom is -0.228 e. The Balaban J connectivity index is 2.61. The van der Waals surface area contributed by atoms with Crippen LogP contribution in [0.1, 0.15) is 33.6 Å². The van der Waals surface area contributed by atoms with Gasteiger partial charge < -0.3 is 0 Å². The van der Waals surface area contributed by atoms with Crippen LogP contribution in [0, 0.1) is 5.41 Å². The molecule has 58 valence electrons. The molecular weight excluding hydrogens is 142 g/mol. The van der Waals surface area contributed by atoms with E-state index in [1.54, 1.807) is 11.9 Å². The molecule has 0 N–H and O–H groups in total. The summed E-state index contributed by atoms with van der Waals surface area (Å²) in [6, 6.07) is 0. The zero-order valence-electron chi connectivity index (χ0n) is 6.92. The molecule has 0 spiro atoms. The van der Waals surface area contributed by atoms with E-state index < -0.39 is 0 Å². The van der Waals surface area contributed by atoms with Crippen LogP contribution < -0.4 is 0 Å². The van der Waals surface area contributed by atoms with Crippen LogP contribution in [0.5, 0.6) is 0 Å². The summed E-state index contributed by atoms with van der Waals surface area (Å²) >= 11 is 1.71. The van der Waals surface area contributed by atoms with Gasteiger partial charge in [0.05, 0.1) is 0 Å². The Hall–Kier alpha value is 0.0200. The van der Waals surface area contributed by atoms with E-state index in [0.29, 0.717) is 10.7 Å². The fraction of sp³-hybridized carbons (Fsp3) is 0.875. The van der Waals surface area contributed by atoms with Crippen molar-refractivity contribution < 1.29 is 0 Å². The van der Waals surface area contributed by atoms with Gasteiger partial charge in [0.2, 0.25) is 0 Å². The van der Waals surface area contributed by atoms with Crippen LogP contribution >= 0.6 is 11.9 Å². The topological polar surface area (TPSA) is 12.4 Å². The van der Waals surface area contributed by atoms with Crippen molar-refractivity contribution in [1.29, 1.82) is 0 Å². The summed E-state index contributed by atoms with van der Waals surface area (Å²) in [6.07, 6.45) is 4.59. The summed E-state index contributed by atoms with van der Waals surface area (Å²) in [7, 11) is 0. The van der Waals surface area contributed by atoms with Gasteiger partial charge in [-0.25, -0.2) is 4.40 Å². The lowest BCUT2D eigenvalue weighted by atomic mass is 9.84. The Morgan fingerprint density at radius 2 is 2.50 bits per heavy atom. The fourth-order valence-corrected chi connectivity index (χ4v) is 2.22. The van der Waals surface area contributed by atoms with Gasteiger partial charge in [-0.15, -0.1) is 0 Å². The smallest absolute Gasteiger partial charge is 0.0247 e. The van der Waals surface area contributed by atoms with Gasteiger partial charge in [-0.2, -0.15) is 0 Å². The van der Waals surface area contributed by atoms with Gasteiger partial charge in [-0.1, -0.05) is 20.8 Å². The van der Waals surface area contributed by atoms with Crippen molar-refractivity contribution in [3.8, 4) is 0 Å². The second kappa shape index (κ2) is 2.95. The lowest BCUT2D eigenvalue weighted by Gasteiger charge is -2.29. The van der Waals surface area contributed by atoms with Crippen molar-refractivity contribution in [2.45, 2.75) is 38.9 Å². The molecule has 1 aliphatic heterocycles. The summed E-state index contributed by atoms with van der Waals surface area (Å²) in [5.74, 6) is 0. The molecule has 1 nitrogen and oxygen atoms in total.